The van der Waals surface area contributed by atoms with Crippen molar-refractivity contribution in [2.24, 2.45) is 0 Å². The first-order chi connectivity index (χ1) is 9.79. The molecule has 0 spiro atoms. The first-order valence-electron chi connectivity index (χ1n) is 6.82. The van der Waals surface area contributed by atoms with Gasteiger partial charge in [0.05, 0.1) is 6.04 Å². The summed E-state index contributed by atoms with van der Waals surface area (Å²) in [7, 11) is 0. The van der Waals surface area contributed by atoms with Crippen LogP contribution in [0.15, 0.2) is 23.1 Å². The normalized spacial score (nSPS) is 21.6. The number of nitrogens with zero attached hydrogens (tertiary/aromatic N) is 2. The number of aromatic nitrogens is 2. The van der Waals surface area contributed by atoms with Crippen LogP contribution < -0.4 is 5.32 Å². The Morgan fingerprint density at radius 3 is 3.00 bits per heavy atom. The van der Waals surface area contributed by atoms with E-state index < -0.39 is 0 Å². The van der Waals surface area contributed by atoms with E-state index in [1.807, 2.05) is 6.07 Å². The molecule has 1 aromatic carbocycles. The number of hydrogen-bond donors (Lipinski definition) is 1. The number of nitrogens with one attached hydrogen (secondary N) is 1. The molecule has 2 heterocycles. The van der Waals surface area contributed by atoms with Gasteiger partial charge in [-0.15, -0.1) is 11.8 Å². The van der Waals surface area contributed by atoms with Crippen LogP contribution in [0.1, 0.15) is 42.6 Å². The number of fused-ring (bicyclic) bond motifs is 1. The Bertz CT molecular complexity index is 639. The van der Waals surface area contributed by atoms with Crippen LogP contribution >= 0.6 is 23.3 Å². The van der Waals surface area contributed by atoms with E-state index in [0.29, 0.717) is 5.92 Å². The third kappa shape index (κ3) is 2.42. The van der Waals surface area contributed by atoms with Gasteiger partial charge in [-0.3, -0.25) is 0 Å². The molecular formula is C14H14FN3S2. The average molecular weight is 307 g/mol. The molecule has 1 aliphatic carbocycles. The van der Waals surface area contributed by atoms with Crippen molar-refractivity contribution in [2.45, 2.75) is 36.1 Å². The third-order valence-electron chi connectivity index (χ3n) is 3.69. The molecule has 1 aromatic heterocycles. The van der Waals surface area contributed by atoms with Gasteiger partial charge in [-0.05, 0) is 43.0 Å². The van der Waals surface area contributed by atoms with Crippen molar-refractivity contribution in [1.29, 1.82) is 0 Å². The van der Waals surface area contributed by atoms with Crippen molar-refractivity contribution in [2.75, 3.05) is 11.1 Å². The maximum absolute atomic E-state index is 13.5. The molecule has 6 heteroatoms. The maximum atomic E-state index is 13.5. The van der Waals surface area contributed by atoms with Gasteiger partial charge in [0.1, 0.15) is 11.6 Å². The molecule has 0 radical (unpaired) electrons. The molecule has 0 amide bonds. The minimum atomic E-state index is -0.172. The summed E-state index contributed by atoms with van der Waals surface area (Å²) in [4.78, 5) is 5.73. The molecule has 2 aromatic rings. The van der Waals surface area contributed by atoms with Gasteiger partial charge < -0.3 is 5.32 Å². The van der Waals surface area contributed by atoms with Crippen LogP contribution in [-0.4, -0.2) is 15.1 Å². The summed E-state index contributed by atoms with van der Waals surface area (Å²) in [5.41, 5.74) is 1.05. The minimum absolute atomic E-state index is 0.141. The summed E-state index contributed by atoms with van der Waals surface area (Å²) in [6.07, 6.45) is 3.41. The maximum Gasteiger partial charge on any atom is 0.203 e. The van der Waals surface area contributed by atoms with Crippen molar-refractivity contribution in [3.05, 3.63) is 35.4 Å². The summed E-state index contributed by atoms with van der Waals surface area (Å²) < 4.78 is 17.9. The van der Waals surface area contributed by atoms with Gasteiger partial charge in [-0.2, -0.15) is 4.37 Å². The second kappa shape index (κ2) is 5.00. The predicted molar refractivity (Wildman–Crippen MR) is 80.0 cm³/mol. The highest BCUT2D eigenvalue weighted by Crippen LogP contribution is 2.41. The molecule has 1 N–H and O–H groups in total. The lowest BCUT2D eigenvalue weighted by Crippen LogP contribution is -2.16. The quantitative estimate of drug-likeness (QED) is 0.922. The molecule has 20 heavy (non-hydrogen) atoms. The molecule has 104 valence electrons. The van der Waals surface area contributed by atoms with Crippen molar-refractivity contribution in [3.63, 3.8) is 0 Å². The van der Waals surface area contributed by atoms with Gasteiger partial charge in [-0.25, -0.2) is 9.37 Å². The highest BCUT2D eigenvalue weighted by molar-refractivity contribution is 7.99. The lowest BCUT2D eigenvalue weighted by atomic mass is 10.0. The Kier molecular flexibility index (Phi) is 3.15. The summed E-state index contributed by atoms with van der Waals surface area (Å²) in [6, 6.07) is 5.19. The SMILES string of the molecule is Fc1ccc2c(c1)C(Nc1nc(C3CC3)ns1)CCS2. The second-order valence-electron chi connectivity index (χ2n) is 5.25. The number of benzene rings is 1. The van der Waals surface area contributed by atoms with E-state index in [0.717, 1.165) is 28.7 Å². The van der Waals surface area contributed by atoms with E-state index in [9.17, 15) is 4.39 Å². The molecule has 3 nitrogen and oxygen atoms in total. The van der Waals surface area contributed by atoms with E-state index in [2.05, 4.69) is 14.7 Å². The summed E-state index contributed by atoms with van der Waals surface area (Å²) >= 11 is 3.21. The summed E-state index contributed by atoms with van der Waals surface area (Å²) in [6.45, 7) is 0. The first kappa shape index (κ1) is 12.6. The molecule has 1 aliphatic heterocycles. The molecule has 4 rings (SSSR count). The number of rotatable bonds is 3. The number of thioether (sulfide) groups is 1. The van der Waals surface area contributed by atoms with Crippen LogP contribution in [0.25, 0.3) is 0 Å². The molecule has 1 atom stereocenters. The Hall–Kier alpha value is -1.14. The Morgan fingerprint density at radius 1 is 1.25 bits per heavy atom. The second-order valence-corrected chi connectivity index (χ2v) is 7.14. The van der Waals surface area contributed by atoms with Gasteiger partial charge in [0.15, 0.2) is 0 Å². The smallest absolute Gasteiger partial charge is 0.203 e. The zero-order chi connectivity index (χ0) is 13.5. The van der Waals surface area contributed by atoms with E-state index in [-0.39, 0.29) is 11.9 Å². The molecule has 2 aliphatic rings. The van der Waals surface area contributed by atoms with E-state index in [1.54, 1.807) is 17.8 Å². The van der Waals surface area contributed by atoms with Crippen LogP contribution in [-0.2, 0) is 0 Å². The molecule has 1 fully saturated rings. The highest BCUT2D eigenvalue weighted by atomic mass is 32.2. The lowest BCUT2D eigenvalue weighted by Gasteiger charge is -2.25. The molecular weight excluding hydrogens is 293 g/mol. The Balaban J connectivity index is 1.58. The largest absolute Gasteiger partial charge is 0.353 e. The molecule has 0 bridgehead atoms. The number of anilines is 1. The van der Waals surface area contributed by atoms with Crippen LogP contribution in [0.5, 0.6) is 0 Å². The predicted octanol–water partition coefficient (Wildman–Crippen LogP) is 4.20. The molecule has 0 saturated heterocycles. The van der Waals surface area contributed by atoms with Crippen molar-refractivity contribution in [3.8, 4) is 0 Å². The zero-order valence-corrected chi connectivity index (χ0v) is 12.4. The summed E-state index contributed by atoms with van der Waals surface area (Å²) in [5.74, 6) is 2.43. The van der Waals surface area contributed by atoms with Crippen LogP contribution in [0.2, 0.25) is 0 Å². The van der Waals surface area contributed by atoms with Gasteiger partial charge in [0, 0.05) is 28.1 Å². The fourth-order valence-electron chi connectivity index (χ4n) is 2.47. The fraction of sp³-hybridized carbons (Fsp3) is 0.429. The Morgan fingerprint density at radius 2 is 2.15 bits per heavy atom. The van der Waals surface area contributed by atoms with E-state index >= 15 is 0 Å². The average Bonchev–Trinajstić information content (AvgIpc) is 3.20. The van der Waals surface area contributed by atoms with Crippen molar-refractivity contribution < 1.29 is 4.39 Å². The van der Waals surface area contributed by atoms with Crippen molar-refractivity contribution in [1.82, 2.24) is 9.36 Å². The first-order valence-corrected chi connectivity index (χ1v) is 8.58. The van der Waals surface area contributed by atoms with Crippen LogP contribution in [0, 0.1) is 5.82 Å². The zero-order valence-electron chi connectivity index (χ0n) is 10.8. The standard InChI is InChI=1S/C14H14FN3S2/c15-9-3-4-12-10(7-9)11(5-6-19-12)16-14-17-13(18-20-14)8-1-2-8/h3-4,7-8,11H,1-2,5-6H2,(H,16,17,18). The van der Waals surface area contributed by atoms with Gasteiger partial charge in [0.25, 0.3) is 0 Å². The third-order valence-corrected chi connectivity index (χ3v) is 5.48. The Labute approximate surface area is 125 Å². The monoisotopic (exact) mass is 307 g/mol. The van der Waals surface area contributed by atoms with Crippen molar-refractivity contribution >= 4 is 28.4 Å². The van der Waals surface area contributed by atoms with Gasteiger partial charge in [0.2, 0.25) is 5.13 Å². The summed E-state index contributed by atoms with van der Waals surface area (Å²) in [5, 5.41) is 4.29. The lowest BCUT2D eigenvalue weighted by molar-refractivity contribution is 0.616. The van der Waals surface area contributed by atoms with Gasteiger partial charge >= 0.3 is 0 Å². The number of hydrogen-bond acceptors (Lipinski definition) is 5. The van der Waals surface area contributed by atoms with Gasteiger partial charge in [-0.1, -0.05) is 0 Å². The highest BCUT2D eigenvalue weighted by Gasteiger charge is 2.28. The number of halogens is 1. The minimum Gasteiger partial charge on any atom is -0.353 e. The molecule has 1 saturated carbocycles. The van der Waals surface area contributed by atoms with Crippen LogP contribution in [0.4, 0.5) is 9.52 Å². The topological polar surface area (TPSA) is 37.8 Å². The molecule has 1 unspecified atom stereocenters. The van der Waals surface area contributed by atoms with E-state index in [1.165, 1.54) is 35.3 Å². The van der Waals surface area contributed by atoms with Crippen LogP contribution in [0.3, 0.4) is 0 Å². The van der Waals surface area contributed by atoms with E-state index in [4.69, 9.17) is 0 Å². The fourth-order valence-corrected chi connectivity index (χ4v) is 4.27.